The molecule has 2 fully saturated rings. The van der Waals surface area contributed by atoms with E-state index in [0.29, 0.717) is 18.9 Å². The average molecular weight is 396 g/mol. The second-order valence-electron chi connectivity index (χ2n) is 8.51. The fourth-order valence-corrected chi connectivity index (χ4v) is 4.66. The predicted molar refractivity (Wildman–Crippen MR) is 112 cm³/mol. The van der Waals surface area contributed by atoms with E-state index in [1.54, 1.807) is 12.1 Å². The number of carbonyl (C=O) groups excluding carboxylic acids is 1. The third kappa shape index (κ3) is 5.21. The molecule has 3 heterocycles. The van der Waals surface area contributed by atoms with Gasteiger partial charge in [0.15, 0.2) is 0 Å². The maximum absolute atomic E-state index is 13.5. The van der Waals surface area contributed by atoms with E-state index >= 15 is 0 Å². The van der Waals surface area contributed by atoms with Gasteiger partial charge in [0, 0.05) is 36.9 Å². The molecular formula is C24H30FN3O. The first-order chi connectivity index (χ1) is 14.1. The van der Waals surface area contributed by atoms with Crippen molar-refractivity contribution in [3.05, 3.63) is 64.7 Å². The normalized spacial score (nSPS) is 20.2. The largest absolute Gasteiger partial charge is 0.342 e. The number of hydrogen-bond donors (Lipinski definition) is 0. The van der Waals surface area contributed by atoms with Crippen molar-refractivity contribution in [3.63, 3.8) is 0 Å². The molecule has 0 aliphatic carbocycles. The molecule has 154 valence electrons. The van der Waals surface area contributed by atoms with Gasteiger partial charge in [-0.15, -0.1) is 0 Å². The molecule has 2 aromatic rings. The number of aryl methyl sites for hydroxylation is 1. The van der Waals surface area contributed by atoms with Crippen LogP contribution >= 0.6 is 0 Å². The first-order valence-electron chi connectivity index (χ1n) is 10.8. The molecule has 2 aliphatic heterocycles. The van der Waals surface area contributed by atoms with Crippen molar-refractivity contribution in [2.45, 2.75) is 44.9 Å². The molecule has 0 radical (unpaired) electrons. The number of aromatic nitrogens is 1. The highest BCUT2D eigenvalue weighted by molar-refractivity contribution is 5.78. The van der Waals surface area contributed by atoms with Crippen molar-refractivity contribution >= 4 is 5.91 Å². The van der Waals surface area contributed by atoms with Crippen molar-refractivity contribution in [2.75, 3.05) is 32.7 Å². The molecule has 0 bridgehead atoms. The van der Waals surface area contributed by atoms with Gasteiger partial charge < -0.3 is 4.90 Å². The minimum atomic E-state index is -0.195. The standard InChI is InChI=1S/C24H30FN3O/c1-18-12-20(13-19-6-4-8-22(25)14-19)15-23(26-18)21-7-5-9-27(16-21)17-24(29)28-10-2-3-11-28/h4,6,8,12,14-15,21H,2-3,5,7,9-11,13,16-17H2,1H3/t21-/m0/s1. The van der Waals surface area contributed by atoms with Gasteiger partial charge in [0.25, 0.3) is 0 Å². The highest BCUT2D eigenvalue weighted by Gasteiger charge is 2.26. The van der Waals surface area contributed by atoms with Gasteiger partial charge in [-0.1, -0.05) is 12.1 Å². The highest BCUT2D eigenvalue weighted by Crippen LogP contribution is 2.27. The summed E-state index contributed by atoms with van der Waals surface area (Å²) in [5.41, 5.74) is 4.25. The molecule has 29 heavy (non-hydrogen) atoms. The van der Waals surface area contributed by atoms with Crippen LogP contribution in [0.2, 0.25) is 0 Å². The molecule has 5 heteroatoms. The summed E-state index contributed by atoms with van der Waals surface area (Å²) in [7, 11) is 0. The Labute approximate surface area is 172 Å². The fraction of sp³-hybridized carbons (Fsp3) is 0.500. The van der Waals surface area contributed by atoms with E-state index in [9.17, 15) is 9.18 Å². The molecule has 4 rings (SSSR count). The number of halogens is 1. The number of carbonyl (C=O) groups is 1. The van der Waals surface area contributed by atoms with E-state index in [-0.39, 0.29) is 11.7 Å². The SMILES string of the molecule is Cc1cc(Cc2cccc(F)c2)cc([C@H]2CCCN(CC(=O)N3CCCC3)C2)n1. The maximum Gasteiger partial charge on any atom is 0.236 e. The minimum Gasteiger partial charge on any atom is -0.342 e. The zero-order valence-electron chi connectivity index (χ0n) is 17.2. The van der Waals surface area contributed by atoms with Crippen LogP contribution in [0.4, 0.5) is 4.39 Å². The molecule has 2 saturated heterocycles. The van der Waals surface area contributed by atoms with Crippen LogP contribution in [-0.4, -0.2) is 53.4 Å². The van der Waals surface area contributed by atoms with Crippen LogP contribution in [0.1, 0.15) is 54.1 Å². The number of nitrogens with zero attached hydrogens (tertiary/aromatic N) is 3. The van der Waals surface area contributed by atoms with Gasteiger partial charge in [-0.3, -0.25) is 14.7 Å². The Kier molecular flexibility index (Phi) is 6.24. The predicted octanol–water partition coefficient (Wildman–Crippen LogP) is 3.92. The van der Waals surface area contributed by atoms with E-state index in [1.807, 2.05) is 17.9 Å². The summed E-state index contributed by atoms with van der Waals surface area (Å²) in [4.78, 5) is 21.6. The van der Waals surface area contributed by atoms with Crippen molar-refractivity contribution in [1.29, 1.82) is 0 Å². The number of rotatable bonds is 5. The lowest BCUT2D eigenvalue weighted by molar-refractivity contribution is -0.131. The molecule has 0 N–H and O–H groups in total. The smallest absolute Gasteiger partial charge is 0.236 e. The van der Waals surface area contributed by atoms with Crippen molar-refractivity contribution in [1.82, 2.24) is 14.8 Å². The zero-order chi connectivity index (χ0) is 20.2. The summed E-state index contributed by atoms with van der Waals surface area (Å²) in [6, 6.07) is 11.1. The summed E-state index contributed by atoms with van der Waals surface area (Å²) in [5, 5.41) is 0. The van der Waals surface area contributed by atoms with Crippen LogP contribution in [0.15, 0.2) is 36.4 Å². The fourth-order valence-electron chi connectivity index (χ4n) is 4.66. The van der Waals surface area contributed by atoms with E-state index in [2.05, 4.69) is 17.0 Å². The van der Waals surface area contributed by atoms with Crippen molar-refractivity contribution in [2.24, 2.45) is 0 Å². The Morgan fingerprint density at radius 1 is 1.10 bits per heavy atom. The van der Waals surface area contributed by atoms with Crippen LogP contribution in [-0.2, 0) is 11.2 Å². The highest BCUT2D eigenvalue weighted by atomic mass is 19.1. The van der Waals surface area contributed by atoms with E-state index in [1.165, 1.54) is 11.6 Å². The number of pyridine rings is 1. The molecule has 1 aromatic heterocycles. The van der Waals surface area contributed by atoms with Gasteiger partial charge in [-0.2, -0.15) is 0 Å². The minimum absolute atomic E-state index is 0.195. The van der Waals surface area contributed by atoms with Crippen LogP contribution in [0.25, 0.3) is 0 Å². The molecule has 1 atom stereocenters. The Balaban J connectivity index is 1.44. The number of amides is 1. The van der Waals surface area contributed by atoms with Gasteiger partial charge in [-0.25, -0.2) is 4.39 Å². The number of piperidine rings is 1. The monoisotopic (exact) mass is 395 g/mol. The zero-order valence-corrected chi connectivity index (χ0v) is 17.2. The average Bonchev–Trinajstić information content (AvgIpc) is 3.23. The lowest BCUT2D eigenvalue weighted by Crippen LogP contribution is -2.43. The number of benzene rings is 1. The topological polar surface area (TPSA) is 36.4 Å². The number of hydrogen-bond acceptors (Lipinski definition) is 3. The third-order valence-electron chi connectivity index (χ3n) is 6.07. The first kappa shape index (κ1) is 20.0. The van der Waals surface area contributed by atoms with Gasteiger partial charge in [-0.05, 0) is 81.0 Å². The van der Waals surface area contributed by atoms with E-state index in [4.69, 9.17) is 4.98 Å². The van der Waals surface area contributed by atoms with Gasteiger partial charge in [0.2, 0.25) is 5.91 Å². The molecule has 1 aromatic carbocycles. The van der Waals surface area contributed by atoms with Crippen LogP contribution in [0, 0.1) is 12.7 Å². The molecular weight excluding hydrogens is 365 g/mol. The quantitative estimate of drug-likeness (QED) is 0.770. The van der Waals surface area contributed by atoms with Crippen LogP contribution in [0.3, 0.4) is 0 Å². The summed E-state index contributed by atoms with van der Waals surface area (Å²) < 4.78 is 13.5. The summed E-state index contributed by atoms with van der Waals surface area (Å²) >= 11 is 0. The summed E-state index contributed by atoms with van der Waals surface area (Å²) in [5.74, 6) is 0.424. The lowest BCUT2D eigenvalue weighted by atomic mass is 9.92. The molecule has 4 nitrogen and oxygen atoms in total. The first-order valence-corrected chi connectivity index (χ1v) is 10.8. The van der Waals surface area contributed by atoms with E-state index in [0.717, 1.165) is 68.8 Å². The molecule has 0 saturated carbocycles. The molecule has 1 amide bonds. The van der Waals surface area contributed by atoms with Crippen LogP contribution < -0.4 is 0 Å². The van der Waals surface area contributed by atoms with Gasteiger partial charge in [0.1, 0.15) is 5.82 Å². The van der Waals surface area contributed by atoms with E-state index < -0.39 is 0 Å². The van der Waals surface area contributed by atoms with Crippen molar-refractivity contribution < 1.29 is 9.18 Å². The van der Waals surface area contributed by atoms with Gasteiger partial charge in [0.05, 0.1) is 6.54 Å². The molecule has 0 unspecified atom stereocenters. The summed E-state index contributed by atoms with van der Waals surface area (Å²) in [6.45, 7) is 6.25. The Bertz CT molecular complexity index is 863. The molecule has 0 spiro atoms. The second kappa shape index (κ2) is 9.04. The second-order valence-corrected chi connectivity index (χ2v) is 8.51. The molecule has 2 aliphatic rings. The maximum atomic E-state index is 13.5. The van der Waals surface area contributed by atoms with Crippen molar-refractivity contribution in [3.8, 4) is 0 Å². The lowest BCUT2D eigenvalue weighted by Gasteiger charge is -2.33. The number of likely N-dealkylation sites (tertiary alicyclic amines) is 2. The van der Waals surface area contributed by atoms with Gasteiger partial charge >= 0.3 is 0 Å². The summed E-state index contributed by atoms with van der Waals surface area (Å²) in [6.07, 6.45) is 5.17. The third-order valence-corrected chi connectivity index (χ3v) is 6.07. The Morgan fingerprint density at radius 2 is 1.93 bits per heavy atom. The Hall–Kier alpha value is -2.27. The Morgan fingerprint density at radius 3 is 2.72 bits per heavy atom. The van der Waals surface area contributed by atoms with Crippen LogP contribution in [0.5, 0.6) is 0 Å².